The van der Waals surface area contributed by atoms with Crippen molar-refractivity contribution in [1.82, 2.24) is 0 Å². The molecule has 2 unspecified atom stereocenters. The molecule has 0 aromatic carbocycles. The Labute approximate surface area is 60.6 Å². The predicted molar refractivity (Wildman–Crippen MR) is 38.2 cm³/mol. The van der Waals surface area contributed by atoms with E-state index in [1.807, 2.05) is 6.92 Å². The van der Waals surface area contributed by atoms with Gasteiger partial charge in [0.25, 0.3) is 0 Å². The summed E-state index contributed by atoms with van der Waals surface area (Å²) in [4.78, 5) is 0. The summed E-state index contributed by atoms with van der Waals surface area (Å²) in [5.41, 5.74) is 0.526. The molecule has 1 aliphatic rings. The molecule has 0 fully saturated rings. The molecule has 58 valence electrons. The Kier molecular flexibility index (Phi) is 2.09. The molecule has 1 rings (SSSR count). The lowest BCUT2D eigenvalue weighted by Gasteiger charge is -2.23. The zero-order chi connectivity index (χ0) is 7.72. The highest BCUT2D eigenvalue weighted by Crippen LogP contribution is 2.29. The van der Waals surface area contributed by atoms with Gasteiger partial charge in [0.1, 0.15) is 5.83 Å². The zero-order valence-corrected chi connectivity index (χ0v) is 6.39. The summed E-state index contributed by atoms with van der Waals surface area (Å²) in [6.07, 6.45) is 0.672. The van der Waals surface area contributed by atoms with E-state index in [-0.39, 0.29) is 5.83 Å². The molecule has 0 aromatic heterocycles. The Hall–Kier alpha value is -0.370. The molecule has 0 radical (unpaired) electrons. The highest BCUT2D eigenvalue weighted by Gasteiger charge is 2.22. The topological polar surface area (TPSA) is 20.2 Å². The van der Waals surface area contributed by atoms with Crippen LogP contribution in [0.5, 0.6) is 0 Å². The summed E-state index contributed by atoms with van der Waals surface area (Å²) in [6.45, 7) is 3.61. The number of halogens is 1. The third-order valence-corrected chi connectivity index (χ3v) is 2.08. The SMILES string of the molecule is CC1=C(F)CC(C)CC1O. The van der Waals surface area contributed by atoms with E-state index in [1.165, 1.54) is 0 Å². The molecule has 0 aromatic rings. The largest absolute Gasteiger partial charge is 0.389 e. The Morgan fingerprint density at radius 2 is 2.20 bits per heavy atom. The van der Waals surface area contributed by atoms with Crippen molar-refractivity contribution in [2.24, 2.45) is 5.92 Å². The van der Waals surface area contributed by atoms with Crippen molar-refractivity contribution in [2.45, 2.75) is 32.8 Å². The molecule has 0 aliphatic heterocycles. The van der Waals surface area contributed by atoms with E-state index in [2.05, 4.69) is 0 Å². The fourth-order valence-corrected chi connectivity index (χ4v) is 1.29. The van der Waals surface area contributed by atoms with Crippen LogP contribution >= 0.6 is 0 Å². The maximum absolute atomic E-state index is 12.8. The summed E-state index contributed by atoms with van der Waals surface area (Å²) in [7, 11) is 0. The quantitative estimate of drug-likeness (QED) is 0.551. The van der Waals surface area contributed by atoms with Gasteiger partial charge in [0, 0.05) is 6.42 Å². The molecule has 1 N–H and O–H groups in total. The van der Waals surface area contributed by atoms with Gasteiger partial charge < -0.3 is 5.11 Å². The summed E-state index contributed by atoms with van der Waals surface area (Å²) in [5.74, 6) is 0.171. The van der Waals surface area contributed by atoms with Crippen molar-refractivity contribution in [3.8, 4) is 0 Å². The van der Waals surface area contributed by atoms with E-state index in [9.17, 15) is 9.50 Å². The molecule has 0 saturated carbocycles. The number of hydrogen-bond donors (Lipinski definition) is 1. The zero-order valence-electron chi connectivity index (χ0n) is 6.39. The van der Waals surface area contributed by atoms with Crippen LogP contribution in [-0.4, -0.2) is 11.2 Å². The lowest BCUT2D eigenvalue weighted by atomic mass is 9.89. The van der Waals surface area contributed by atoms with Gasteiger partial charge in [0.2, 0.25) is 0 Å². The molecule has 1 nitrogen and oxygen atoms in total. The number of hydrogen-bond acceptors (Lipinski definition) is 1. The smallest absolute Gasteiger partial charge is 0.102 e. The fourth-order valence-electron chi connectivity index (χ4n) is 1.29. The van der Waals surface area contributed by atoms with Crippen LogP contribution < -0.4 is 0 Å². The maximum atomic E-state index is 12.8. The van der Waals surface area contributed by atoms with Crippen molar-refractivity contribution in [1.29, 1.82) is 0 Å². The van der Waals surface area contributed by atoms with Crippen LogP contribution in [0.1, 0.15) is 26.7 Å². The minimum atomic E-state index is -0.538. The number of aliphatic hydroxyl groups is 1. The van der Waals surface area contributed by atoms with Gasteiger partial charge in [0.05, 0.1) is 6.10 Å². The van der Waals surface area contributed by atoms with Gasteiger partial charge in [-0.25, -0.2) is 4.39 Å². The number of allylic oxidation sites excluding steroid dienone is 1. The van der Waals surface area contributed by atoms with Crippen molar-refractivity contribution in [3.63, 3.8) is 0 Å². The van der Waals surface area contributed by atoms with E-state index < -0.39 is 6.10 Å². The number of rotatable bonds is 0. The summed E-state index contributed by atoms with van der Waals surface area (Å²) in [5, 5.41) is 9.22. The van der Waals surface area contributed by atoms with Gasteiger partial charge in [-0.2, -0.15) is 0 Å². The average molecular weight is 144 g/mol. The second-order valence-corrected chi connectivity index (χ2v) is 3.15. The number of aliphatic hydroxyl groups excluding tert-OH is 1. The third-order valence-electron chi connectivity index (χ3n) is 2.08. The van der Waals surface area contributed by atoms with Crippen molar-refractivity contribution >= 4 is 0 Å². The maximum Gasteiger partial charge on any atom is 0.102 e. The highest BCUT2D eigenvalue weighted by atomic mass is 19.1. The first-order valence-corrected chi connectivity index (χ1v) is 3.64. The van der Waals surface area contributed by atoms with Gasteiger partial charge in [-0.15, -0.1) is 0 Å². The molecule has 0 spiro atoms. The standard InChI is InChI=1S/C8H13FO/c1-5-3-7(9)6(2)8(10)4-5/h5,8,10H,3-4H2,1-2H3. The second-order valence-electron chi connectivity index (χ2n) is 3.15. The fraction of sp³-hybridized carbons (Fsp3) is 0.750. The Bertz CT molecular complexity index is 163. The Morgan fingerprint density at radius 3 is 2.70 bits per heavy atom. The predicted octanol–water partition coefficient (Wildman–Crippen LogP) is 2.02. The minimum absolute atomic E-state index is 0.119. The lowest BCUT2D eigenvalue weighted by molar-refractivity contribution is 0.160. The molecule has 0 amide bonds. The first kappa shape index (κ1) is 7.73. The van der Waals surface area contributed by atoms with E-state index >= 15 is 0 Å². The molecule has 2 atom stereocenters. The molecule has 1 aliphatic carbocycles. The molecule has 0 bridgehead atoms. The summed E-state index contributed by atoms with van der Waals surface area (Å²) < 4.78 is 12.8. The summed E-state index contributed by atoms with van der Waals surface area (Å²) >= 11 is 0. The molecular formula is C8H13FO. The highest BCUT2D eigenvalue weighted by molar-refractivity contribution is 5.14. The lowest BCUT2D eigenvalue weighted by Crippen LogP contribution is -2.19. The second kappa shape index (κ2) is 2.70. The Balaban J connectivity index is 2.74. The Morgan fingerprint density at radius 1 is 1.60 bits per heavy atom. The van der Waals surface area contributed by atoms with Gasteiger partial charge in [-0.1, -0.05) is 6.92 Å². The van der Waals surface area contributed by atoms with Gasteiger partial charge >= 0.3 is 0 Å². The monoisotopic (exact) mass is 144 g/mol. The van der Waals surface area contributed by atoms with E-state index in [1.54, 1.807) is 6.92 Å². The van der Waals surface area contributed by atoms with Gasteiger partial charge in [0.15, 0.2) is 0 Å². The third kappa shape index (κ3) is 1.37. The van der Waals surface area contributed by atoms with Crippen molar-refractivity contribution in [3.05, 3.63) is 11.4 Å². The van der Waals surface area contributed by atoms with Gasteiger partial charge in [-0.3, -0.25) is 0 Å². The minimum Gasteiger partial charge on any atom is -0.389 e. The van der Waals surface area contributed by atoms with E-state index in [4.69, 9.17) is 0 Å². The van der Waals surface area contributed by atoms with Crippen LogP contribution in [0, 0.1) is 5.92 Å². The molecular weight excluding hydrogens is 131 g/mol. The first-order chi connectivity index (χ1) is 4.61. The van der Waals surface area contributed by atoms with Gasteiger partial charge in [-0.05, 0) is 24.8 Å². The normalized spacial score (nSPS) is 34.8. The molecule has 2 heteroatoms. The van der Waals surface area contributed by atoms with Crippen molar-refractivity contribution < 1.29 is 9.50 Å². The van der Waals surface area contributed by atoms with E-state index in [0.717, 1.165) is 0 Å². The van der Waals surface area contributed by atoms with Crippen LogP contribution in [0.25, 0.3) is 0 Å². The molecule has 0 saturated heterocycles. The average Bonchev–Trinajstić information content (AvgIpc) is 1.82. The van der Waals surface area contributed by atoms with Crippen LogP contribution in [0.2, 0.25) is 0 Å². The van der Waals surface area contributed by atoms with Crippen LogP contribution in [0.15, 0.2) is 11.4 Å². The van der Waals surface area contributed by atoms with Crippen LogP contribution in [-0.2, 0) is 0 Å². The van der Waals surface area contributed by atoms with Crippen LogP contribution in [0.3, 0.4) is 0 Å². The summed E-state index contributed by atoms with van der Waals surface area (Å²) in [6, 6.07) is 0. The molecule has 10 heavy (non-hydrogen) atoms. The first-order valence-electron chi connectivity index (χ1n) is 3.64. The van der Waals surface area contributed by atoms with Crippen molar-refractivity contribution in [2.75, 3.05) is 0 Å². The van der Waals surface area contributed by atoms with E-state index in [0.29, 0.717) is 24.3 Å². The molecule has 0 heterocycles. The van der Waals surface area contributed by atoms with Crippen LogP contribution in [0.4, 0.5) is 4.39 Å².